The van der Waals surface area contributed by atoms with Gasteiger partial charge in [-0.2, -0.15) is 0 Å². The summed E-state index contributed by atoms with van der Waals surface area (Å²) in [6.07, 6.45) is 0.0866. The Bertz CT molecular complexity index is 397. The fraction of sp³-hybridized carbons (Fsp3) is 0.556. The quantitative estimate of drug-likeness (QED) is 0.557. The first-order chi connectivity index (χ1) is 8.58. The zero-order valence-corrected chi connectivity index (χ0v) is 10.2. The first-order valence-corrected chi connectivity index (χ1v) is 6.35. The van der Waals surface area contributed by atoms with Crippen molar-refractivity contribution < 1.29 is 19.2 Å². The van der Waals surface area contributed by atoms with E-state index in [9.17, 15) is 19.2 Å². The molecule has 8 nitrogen and oxygen atoms in total. The molecular weight excluding hydrogens is 260 g/mol. The van der Waals surface area contributed by atoms with Gasteiger partial charge in [0.2, 0.25) is 17.7 Å². The number of carbonyl (C=O) groups is 4. The van der Waals surface area contributed by atoms with Crippen LogP contribution in [-0.2, 0) is 14.4 Å². The van der Waals surface area contributed by atoms with E-state index in [0.29, 0.717) is 0 Å². The van der Waals surface area contributed by atoms with Crippen molar-refractivity contribution in [1.29, 1.82) is 0 Å². The van der Waals surface area contributed by atoms with Crippen molar-refractivity contribution in [2.45, 2.75) is 12.5 Å². The second-order valence-electron chi connectivity index (χ2n) is 3.84. The number of hydrogen-bond acceptors (Lipinski definition) is 6. The predicted molar refractivity (Wildman–Crippen MR) is 62.3 cm³/mol. The van der Waals surface area contributed by atoms with Crippen LogP contribution in [0.15, 0.2) is 0 Å². The minimum atomic E-state index is -0.600. The van der Waals surface area contributed by atoms with E-state index in [1.54, 1.807) is 0 Å². The van der Waals surface area contributed by atoms with E-state index in [4.69, 9.17) is 0 Å². The van der Waals surface area contributed by atoms with Crippen LogP contribution in [0.25, 0.3) is 0 Å². The second kappa shape index (κ2) is 5.36. The van der Waals surface area contributed by atoms with Gasteiger partial charge in [-0.15, -0.1) is 0 Å². The third kappa shape index (κ3) is 2.79. The number of rotatable bonds is 4. The minimum Gasteiger partial charge on any atom is -0.353 e. The van der Waals surface area contributed by atoms with E-state index in [1.165, 1.54) is 0 Å². The predicted octanol–water partition coefficient (Wildman–Crippen LogP) is -1.81. The Labute approximate surface area is 107 Å². The summed E-state index contributed by atoms with van der Waals surface area (Å²) in [4.78, 5) is 46.1. The molecule has 0 bridgehead atoms. The molecule has 0 aromatic heterocycles. The lowest BCUT2D eigenvalue weighted by molar-refractivity contribution is -0.126. The Morgan fingerprint density at radius 2 is 2.22 bits per heavy atom. The fourth-order valence-electron chi connectivity index (χ4n) is 1.62. The summed E-state index contributed by atoms with van der Waals surface area (Å²) in [6.45, 7) is 0.341. The van der Waals surface area contributed by atoms with Crippen molar-refractivity contribution in [1.82, 2.24) is 21.1 Å². The molecule has 2 saturated heterocycles. The highest BCUT2D eigenvalue weighted by atomic mass is 32.2. The Hall–Kier alpha value is -1.61. The molecule has 18 heavy (non-hydrogen) atoms. The van der Waals surface area contributed by atoms with Crippen molar-refractivity contribution in [3.05, 3.63) is 0 Å². The first kappa shape index (κ1) is 12.8. The molecule has 2 fully saturated rings. The molecule has 3 N–H and O–H groups in total. The van der Waals surface area contributed by atoms with Gasteiger partial charge < -0.3 is 5.32 Å². The summed E-state index contributed by atoms with van der Waals surface area (Å²) >= 11 is 0.956. The molecule has 0 radical (unpaired) electrons. The number of nitrogens with one attached hydrogen (secondary N) is 3. The smallest absolute Gasteiger partial charge is 0.288 e. The summed E-state index contributed by atoms with van der Waals surface area (Å²) in [7, 11) is 0. The zero-order chi connectivity index (χ0) is 13.1. The van der Waals surface area contributed by atoms with Gasteiger partial charge in [0.15, 0.2) is 0 Å². The molecule has 9 heteroatoms. The summed E-state index contributed by atoms with van der Waals surface area (Å²) in [5.41, 5.74) is 4.86. The maximum Gasteiger partial charge on any atom is 0.288 e. The van der Waals surface area contributed by atoms with E-state index in [2.05, 4.69) is 16.2 Å². The highest BCUT2D eigenvalue weighted by Crippen LogP contribution is 2.17. The molecule has 2 heterocycles. The zero-order valence-electron chi connectivity index (χ0n) is 9.39. The van der Waals surface area contributed by atoms with E-state index in [-0.39, 0.29) is 48.2 Å². The minimum absolute atomic E-state index is 0.0866. The molecule has 0 aromatic carbocycles. The lowest BCUT2D eigenvalue weighted by Gasteiger charge is -2.14. The van der Waals surface area contributed by atoms with Gasteiger partial charge in [0.1, 0.15) is 6.04 Å². The molecule has 0 saturated carbocycles. The number of hydrogen-bond donors (Lipinski definition) is 3. The van der Waals surface area contributed by atoms with Gasteiger partial charge >= 0.3 is 0 Å². The van der Waals surface area contributed by atoms with E-state index in [0.717, 1.165) is 16.7 Å². The lowest BCUT2D eigenvalue weighted by Crippen LogP contribution is -2.45. The van der Waals surface area contributed by atoms with E-state index < -0.39 is 6.04 Å². The van der Waals surface area contributed by atoms with Gasteiger partial charge in [-0.3, -0.25) is 29.5 Å². The van der Waals surface area contributed by atoms with Crippen LogP contribution >= 0.6 is 11.8 Å². The monoisotopic (exact) mass is 272 g/mol. The fourth-order valence-corrected chi connectivity index (χ4v) is 2.38. The number of imide groups is 1. The second-order valence-corrected chi connectivity index (χ2v) is 4.77. The van der Waals surface area contributed by atoms with E-state index >= 15 is 0 Å². The van der Waals surface area contributed by atoms with Crippen molar-refractivity contribution in [2.24, 2.45) is 0 Å². The van der Waals surface area contributed by atoms with Gasteiger partial charge in [-0.1, -0.05) is 11.8 Å². The lowest BCUT2D eigenvalue weighted by atomic mass is 10.2. The first-order valence-electron chi connectivity index (χ1n) is 5.37. The molecule has 0 aromatic rings. The summed E-state index contributed by atoms with van der Waals surface area (Å²) < 4.78 is 0. The average molecular weight is 272 g/mol. The van der Waals surface area contributed by atoms with Crippen LogP contribution in [0.4, 0.5) is 4.79 Å². The van der Waals surface area contributed by atoms with Crippen LogP contribution in [0.1, 0.15) is 6.42 Å². The average Bonchev–Trinajstić information content (AvgIpc) is 2.89. The van der Waals surface area contributed by atoms with Crippen LogP contribution in [0.5, 0.6) is 0 Å². The molecule has 2 aliphatic heterocycles. The van der Waals surface area contributed by atoms with Crippen molar-refractivity contribution in [3.8, 4) is 0 Å². The molecule has 2 aliphatic rings. The number of nitrogens with zero attached hydrogens (tertiary/aromatic N) is 1. The van der Waals surface area contributed by atoms with Gasteiger partial charge in [0.25, 0.3) is 5.24 Å². The Morgan fingerprint density at radius 1 is 1.44 bits per heavy atom. The van der Waals surface area contributed by atoms with Crippen molar-refractivity contribution in [3.63, 3.8) is 0 Å². The maximum absolute atomic E-state index is 11.6. The Balaban J connectivity index is 1.72. The van der Waals surface area contributed by atoms with Crippen LogP contribution in [0, 0.1) is 0 Å². The third-order valence-electron chi connectivity index (χ3n) is 2.57. The third-order valence-corrected chi connectivity index (χ3v) is 3.43. The standard InChI is InChI=1S/C9H12N4O4S/c14-6-3-5(11-12-6)8(16)10-1-2-13-7(15)4-18-9(13)17/h5,11H,1-4H2,(H,10,16)(H,12,14). The van der Waals surface area contributed by atoms with Gasteiger partial charge in [-0.25, -0.2) is 5.43 Å². The van der Waals surface area contributed by atoms with Crippen LogP contribution < -0.4 is 16.2 Å². The van der Waals surface area contributed by atoms with Crippen LogP contribution in [-0.4, -0.2) is 52.7 Å². The topological polar surface area (TPSA) is 108 Å². The summed E-state index contributed by atoms with van der Waals surface area (Å²) in [5.74, 6) is -0.651. The van der Waals surface area contributed by atoms with Gasteiger partial charge in [0, 0.05) is 13.1 Å². The highest BCUT2D eigenvalue weighted by molar-refractivity contribution is 8.14. The number of amides is 4. The summed E-state index contributed by atoms with van der Waals surface area (Å²) in [6, 6.07) is -0.600. The largest absolute Gasteiger partial charge is 0.353 e. The highest BCUT2D eigenvalue weighted by Gasteiger charge is 2.30. The van der Waals surface area contributed by atoms with E-state index in [1.807, 2.05) is 0 Å². The molecule has 98 valence electrons. The van der Waals surface area contributed by atoms with Crippen molar-refractivity contribution in [2.75, 3.05) is 18.8 Å². The number of thioether (sulfide) groups is 1. The van der Waals surface area contributed by atoms with Crippen LogP contribution in [0.2, 0.25) is 0 Å². The summed E-state index contributed by atoms with van der Waals surface area (Å²) in [5, 5.41) is 2.28. The molecular formula is C9H12N4O4S. The Kier molecular flexibility index (Phi) is 3.82. The molecule has 4 amide bonds. The number of hydrazine groups is 1. The molecule has 0 aliphatic carbocycles. The molecule has 1 atom stereocenters. The molecule has 2 rings (SSSR count). The molecule has 1 unspecified atom stereocenters. The van der Waals surface area contributed by atoms with Crippen molar-refractivity contribution >= 4 is 34.7 Å². The van der Waals surface area contributed by atoms with Crippen LogP contribution in [0.3, 0.4) is 0 Å². The van der Waals surface area contributed by atoms with Gasteiger partial charge in [-0.05, 0) is 0 Å². The normalized spacial score (nSPS) is 23.4. The Morgan fingerprint density at radius 3 is 2.78 bits per heavy atom. The maximum atomic E-state index is 11.6. The number of carbonyl (C=O) groups excluding carboxylic acids is 4. The molecule has 0 spiro atoms. The van der Waals surface area contributed by atoms with Gasteiger partial charge in [0.05, 0.1) is 12.2 Å². The SMILES string of the molecule is O=C1CC(C(=O)NCCN2C(=O)CSC2=O)NN1.